The molecule has 0 bridgehead atoms. The van der Waals surface area contributed by atoms with Crippen LogP contribution in [0.4, 0.5) is 0 Å². The van der Waals surface area contributed by atoms with Crippen LogP contribution < -0.4 is 15.2 Å². The topological polar surface area (TPSA) is 77.7 Å². The van der Waals surface area contributed by atoms with E-state index in [4.69, 9.17) is 15.2 Å². The number of aromatic nitrogens is 1. The van der Waals surface area contributed by atoms with Crippen molar-refractivity contribution in [1.82, 2.24) is 9.88 Å². The minimum absolute atomic E-state index is 0. The number of nitrogens with zero attached hydrogens (tertiary/aromatic N) is 2. The van der Waals surface area contributed by atoms with Crippen molar-refractivity contribution in [2.45, 2.75) is 25.3 Å². The van der Waals surface area contributed by atoms with Gasteiger partial charge in [-0.1, -0.05) is 0 Å². The monoisotopic (exact) mass is 397 g/mol. The lowest BCUT2D eigenvalue weighted by Gasteiger charge is -2.26. The number of benzene rings is 1. The van der Waals surface area contributed by atoms with Crippen molar-refractivity contribution >= 4 is 29.7 Å². The smallest absolute Gasteiger partial charge is 0.273 e. The van der Waals surface area contributed by atoms with Crippen molar-refractivity contribution in [2.75, 3.05) is 27.3 Å². The zero-order valence-corrected chi connectivity index (χ0v) is 16.6. The third-order valence-electron chi connectivity index (χ3n) is 4.44. The zero-order chi connectivity index (χ0) is 17.8. The Morgan fingerprint density at radius 3 is 2.88 bits per heavy atom. The fourth-order valence-corrected chi connectivity index (χ4v) is 4.01. The number of ether oxygens (including phenoxy) is 2. The third kappa shape index (κ3) is 4.11. The number of nitrogens with two attached hydrogens (primary N) is 1. The maximum atomic E-state index is 12.9. The summed E-state index contributed by atoms with van der Waals surface area (Å²) in [5, 5.41) is 2.73. The highest BCUT2D eigenvalue weighted by Crippen LogP contribution is 2.39. The van der Waals surface area contributed by atoms with Gasteiger partial charge in [0.1, 0.15) is 17.2 Å². The van der Waals surface area contributed by atoms with E-state index in [9.17, 15) is 4.79 Å². The van der Waals surface area contributed by atoms with Gasteiger partial charge in [0.15, 0.2) is 0 Å². The maximum absolute atomic E-state index is 12.9. The molecule has 1 saturated heterocycles. The molecule has 8 heteroatoms. The molecule has 0 aliphatic carbocycles. The summed E-state index contributed by atoms with van der Waals surface area (Å²) in [4.78, 5) is 19.3. The van der Waals surface area contributed by atoms with Crippen LogP contribution in [-0.4, -0.2) is 43.1 Å². The van der Waals surface area contributed by atoms with E-state index in [0.29, 0.717) is 18.7 Å². The van der Waals surface area contributed by atoms with Crippen LogP contribution in [0.15, 0.2) is 23.6 Å². The molecule has 2 N–H and O–H groups in total. The van der Waals surface area contributed by atoms with Crippen molar-refractivity contribution in [1.29, 1.82) is 0 Å². The van der Waals surface area contributed by atoms with Gasteiger partial charge in [0.25, 0.3) is 5.91 Å². The quantitative estimate of drug-likeness (QED) is 0.810. The lowest BCUT2D eigenvalue weighted by molar-refractivity contribution is 0.0729. The molecule has 0 spiro atoms. The molecule has 2 aromatic rings. The highest BCUT2D eigenvalue weighted by Gasteiger charge is 2.33. The Bertz CT molecular complexity index is 753. The van der Waals surface area contributed by atoms with Crippen molar-refractivity contribution in [3.8, 4) is 11.5 Å². The Kier molecular flexibility index (Phi) is 7.25. The van der Waals surface area contributed by atoms with Gasteiger partial charge in [-0.25, -0.2) is 4.98 Å². The molecule has 1 atom stereocenters. The van der Waals surface area contributed by atoms with Crippen LogP contribution in [0, 0.1) is 0 Å². The van der Waals surface area contributed by atoms with Gasteiger partial charge < -0.3 is 20.1 Å². The molecule has 1 unspecified atom stereocenters. The van der Waals surface area contributed by atoms with E-state index in [1.807, 2.05) is 28.5 Å². The number of rotatable bonds is 6. The predicted octanol–water partition coefficient (Wildman–Crippen LogP) is 3.06. The molecule has 1 aliphatic rings. The zero-order valence-electron chi connectivity index (χ0n) is 14.9. The molecule has 3 rings (SSSR count). The number of methoxy groups -OCH3 is 2. The fraction of sp³-hybridized carbons (Fsp3) is 0.444. The summed E-state index contributed by atoms with van der Waals surface area (Å²) in [6.45, 7) is 1.26. The van der Waals surface area contributed by atoms with Crippen molar-refractivity contribution in [3.63, 3.8) is 0 Å². The van der Waals surface area contributed by atoms with Crippen LogP contribution in [0.5, 0.6) is 11.5 Å². The SMILES string of the molecule is COc1ccc(C2CCCN2C(=O)c2csc(CCN)n2)c(OC)c1.Cl. The fourth-order valence-electron chi connectivity index (χ4n) is 3.22. The van der Waals surface area contributed by atoms with Crippen LogP contribution in [0.3, 0.4) is 0 Å². The minimum Gasteiger partial charge on any atom is -0.497 e. The summed E-state index contributed by atoms with van der Waals surface area (Å²) in [6.07, 6.45) is 2.58. The predicted molar refractivity (Wildman–Crippen MR) is 105 cm³/mol. The molecule has 1 aromatic heterocycles. The third-order valence-corrected chi connectivity index (χ3v) is 5.35. The van der Waals surface area contributed by atoms with Crippen LogP contribution in [0.1, 0.15) is 39.9 Å². The van der Waals surface area contributed by atoms with E-state index < -0.39 is 0 Å². The molecule has 6 nitrogen and oxygen atoms in total. The van der Waals surface area contributed by atoms with E-state index in [1.165, 1.54) is 11.3 Å². The summed E-state index contributed by atoms with van der Waals surface area (Å²) in [5.41, 5.74) is 7.08. The van der Waals surface area contributed by atoms with Crippen molar-refractivity contribution in [3.05, 3.63) is 39.8 Å². The number of carbonyl (C=O) groups excluding carboxylic acids is 1. The van der Waals surface area contributed by atoms with Crippen LogP contribution in [0.2, 0.25) is 0 Å². The summed E-state index contributed by atoms with van der Waals surface area (Å²) in [7, 11) is 3.26. The number of halogens is 1. The number of likely N-dealkylation sites (tertiary alicyclic amines) is 1. The van der Waals surface area contributed by atoms with Gasteiger partial charge in [-0.3, -0.25) is 4.79 Å². The standard InChI is InChI=1S/C18H23N3O3S.ClH/c1-23-12-5-6-13(16(10-12)24-2)15-4-3-9-21(15)18(22)14-11-25-17(20-14)7-8-19;/h5-6,10-11,15H,3-4,7-9,19H2,1-2H3;1H. The Labute approximate surface area is 163 Å². The van der Waals surface area contributed by atoms with Gasteiger partial charge in [0.2, 0.25) is 0 Å². The molecule has 142 valence electrons. The Balaban J connectivity index is 0.00000243. The first-order valence-corrected chi connectivity index (χ1v) is 9.23. The first-order valence-electron chi connectivity index (χ1n) is 8.35. The number of carbonyl (C=O) groups is 1. The molecular weight excluding hydrogens is 374 g/mol. The highest BCUT2D eigenvalue weighted by molar-refractivity contribution is 7.09. The maximum Gasteiger partial charge on any atom is 0.273 e. The van der Waals surface area contributed by atoms with Gasteiger partial charge in [0.05, 0.1) is 25.3 Å². The lowest BCUT2D eigenvalue weighted by atomic mass is 10.0. The molecule has 1 fully saturated rings. The highest BCUT2D eigenvalue weighted by atomic mass is 35.5. The summed E-state index contributed by atoms with van der Waals surface area (Å²) in [6, 6.07) is 5.74. The van der Waals surface area contributed by atoms with Gasteiger partial charge in [-0.2, -0.15) is 0 Å². The Hall–Kier alpha value is -1.83. The number of amides is 1. The van der Waals surface area contributed by atoms with Gasteiger partial charge in [0, 0.05) is 30.0 Å². The normalized spacial score (nSPS) is 16.3. The minimum atomic E-state index is -0.0279. The average molecular weight is 398 g/mol. The van der Waals surface area contributed by atoms with Gasteiger partial charge in [-0.15, -0.1) is 23.7 Å². The molecule has 1 aliphatic heterocycles. The summed E-state index contributed by atoms with van der Waals surface area (Å²) < 4.78 is 10.8. The second kappa shape index (κ2) is 9.21. The Morgan fingerprint density at radius 2 is 2.19 bits per heavy atom. The van der Waals surface area contributed by atoms with Crippen molar-refractivity contribution in [2.24, 2.45) is 5.73 Å². The molecule has 2 heterocycles. The molecule has 0 radical (unpaired) electrons. The molecule has 1 amide bonds. The van der Waals surface area contributed by atoms with Crippen LogP contribution >= 0.6 is 23.7 Å². The van der Waals surface area contributed by atoms with E-state index in [1.54, 1.807) is 14.2 Å². The first-order chi connectivity index (χ1) is 12.2. The number of hydrogen-bond donors (Lipinski definition) is 1. The lowest BCUT2D eigenvalue weighted by Crippen LogP contribution is -2.31. The van der Waals surface area contributed by atoms with E-state index in [-0.39, 0.29) is 24.4 Å². The van der Waals surface area contributed by atoms with Gasteiger partial charge in [-0.05, 0) is 31.5 Å². The number of thiazole rings is 1. The second-order valence-corrected chi connectivity index (χ2v) is 6.87. The van der Waals surface area contributed by atoms with E-state index >= 15 is 0 Å². The summed E-state index contributed by atoms with van der Waals surface area (Å²) in [5.74, 6) is 1.45. The van der Waals surface area contributed by atoms with Crippen LogP contribution in [0.25, 0.3) is 0 Å². The van der Waals surface area contributed by atoms with E-state index in [0.717, 1.165) is 41.5 Å². The van der Waals surface area contributed by atoms with Gasteiger partial charge >= 0.3 is 0 Å². The molecular formula is C18H24ClN3O3S. The van der Waals surface area contributed by atoms with Crippen LogP contribution in [-0.2, 0) is 6.42 Å². The number of hydrogen-bond acceptors (Lipinski definition) is 6. The molecule has 26 heavy (non-hydrogen) atoms. The second-order valence-electron chi connectivity index (χ2n) is 5.93. The Morgan fingerprint density at radius 1 is 1.38 bits per heavy atom. The summed E-state index contributed by atoms with van der Waals surface area (Å²) >= 11 is 1.49. The molecule has 1 aromatic carbocycles. The molecule has 0 saturated carbocycles. The van der Waals surface area contributed by atoms with E-state index in [2.05, 4.69) is 4.98 Å². The largest absolute Gasteiger partial charge is 0.497 e. The first kappa shape index (κ1) is 20.5. The average Bonchev–Trinajstić information content (AvgIpc) is 3.30. The van der Waals surface area contributed by atoms with Crippen molar-refractivity contribution < 1.29 is 14.3 Å².